The molecule has 2 rings (SSSR count). The average Bonchev–Trinajstić information content (AvgIpc) is 2.58. The van der Waals surface area contributed by atoms with E-state index in [2.05, 4.69) is 12.2 Å². The first-order chi connectivity index (χ1) is 5.86. The van der Waals surface area contributed by atoms with Crippen LogP contribution in [0.5, 0.6) is 0 Å². The first kappa shape index (κ1) is 8.52. The van der Waals surface area contributed by atoms with E-state index in [1.807, 2.05) is 0 Å². The monoisotopic (exact) mass is 169 g/mol. The summed E-state index contributed by atoms with van der Waals surface area (Å²) in [5.41, 5.74) is 0. The second-order valence-electron chi connectivity index (χ2n) is 4.20. The van der Waals surface area contributed by atoms with E-state index in [4.69, 9.17) is 4.74 Å². The standard InChI is InChI=1S/C10H19NO/c1-8-6-11-10(7-12-8)9-4-2-3-5-9/h8-11H,2-7H2,1H3. The highest BCUT2D eigenvalue weighted by Crippen LogP contribution is 2.28. The van der Waals surface area contributed by atoms with Crippen molar-refractivity contribution in [3.8, 4) is 0 Å². The molecular weight excluding hydrogens is 150 g/mol. The molecule has 1 heterocycles. The van der Waals surface area contributed by atoms with Gasteiger partial charge in [-0.1, -0.05) is 12.8 Å². The van der Waals surface area contributed by atoms with Gasteiger partial charge in [0, 0.05) is 12.6 Å². The lowest BCUT2D eigenvalue weighted by Gasteiger charge is -2.32. The van der Waals surface area contributed by atoms with E-state index >= 15 is 0 Å². The molecule has 0 radical (unpaired) electrons. The van der Waals surface area contributed by atoms with Crippen molar-refractivity contribution in [2.45, 2.75) is 44.8 Å². The quantitative estimate of drug-likeness (QED) is 0.643. The van der Waals surface area contributed by atoms with Gasteiger partial charge >= 0.3 is 0 Å². The molecular formula is C10H19NO. The Bertz CT molecular complexity index is 135. The van der Waals surface area contributed by atoms with E-state index in [9.17, 15) is 0 Å². The minimum Gasteiger partial charge on any atom is -0.376 e. The van der Waals surface area contributed by atoms with E-state index in [1.54, 1.807) is 0 Å². The molecule has 2 heteroatoms. The second-order valence-corrected chi connectivity index (χ2v) is 4.20. The molecule has 1 N–H and O–H groups in total. The number of hydrogen-bond donors (Lipinski definition) is 1. The zero-order chi connectivity index (χ0) is 8.39. The molecule has 70 valence electrons. The molecule has 2 fully saturated rings. The van der Waals surface area contributed by atoms with Crippen LogP contribution in [0.1, 0.15) is 32.6 Å². The van der Waals surface area contributed by atoms with Gasteiger partial charge in [0.2, 0.25) is 0 Å². The molecule has 1 saturated carbocycles. The van der Waals surface area contributed by atoms with Crippen LogP contribution in [0.3, 0.4) is 0 Å². The van der Waals surface area contributed by atoms with Crippen molar-refractivity contribution in [2.75, 3.05) is 13.2 Å². The van der Waals surface area contributed by atoms with Gasteiger partial charge in [-0.2, -0.15) is 0 Å². The summed E-state index contributed by atoms with van der Waals surface area (Å²) in [6.07, 6.45) is 6.10. The Morgan fingerprint density at radius 1 is 1.25 bits per heavy atom. The lowest BCUT2D eigenvalue weighted by Crippen LogP contribution is -2.48. The molecule has 0 aromatic carbocycles. The zero-order valence-electron chi connectivity index (χ0n) is 7.88. The van der Waals surface area contributed by atoms with Crippen LogP contribution in [-0.4, -0.2) is 25.3 Å². The van der Waals surface area contributed by atoms with Crippen molar-refractivity contribution < 1.29 is 4.74 Å². The van der Waals surface area contributed by atoms with Gasteiger partial charge in [-0.15, -0.1) is 0 Å². The van der Waals surface area contributed by atoms with Gasteiger partial charge in [-0.05, 0) is 25.7 Å². The molecule has 2 aliphatic rings. The molecule has 1 aliphatic carbocycles. The van der Waals surface area contributed by atoms with Crippen LogP contribution >= 0.6 is 0 Å². The fraction of sp³-hybridized carbons (Fsp3) is 1.00. The van der Waals surface area contributed by atoms with Gasteiger partial charge in [0.15, 0.2) is 0 Å². The number of rotatable bonds is 1. The van der Waals surface area contributed by atoms with Crippen molar-refractivity contribution in [3.63, 3.8) is 0 Å². The van der Waals surface area contributed by atoms with E-state index in [0.717, 1.165) is 19.1 Å². The highest BCUT2D eigenvalue weighted by atomic mass is 16.5. The first-order valence-electron chi connectivity index (χ1n) is 5.21. The molecule has 0 aromatic rings. The third kappa shape index (κ3) is 1.80. The SMILES string of the molecule is CC1CNC(C2CCCC2)CO1. The van der Waals surface area contributed by atoms with E-state index < -0.39 is 0 Å². The molecule has 0 aromatic heterocycles. The Balaban J connectivity index is 1.80. The minimum atomic E-state index is 0.419. The van der Waals surface area contributed by atoms with E-state index in [1.165, 1.54) is 25.7 Å². The molecule has 2 unspecified atom stereocenters. The summed E-state index contributed by atoms with van der Waals surface area (Å²) in [6, 6.07) is 0.656. The highest BCUT2D eigenvalue weighted by molar-refractivity contribution is 4.83. The van der Waals surface area contributed by atoms with Gasteiger partial charge in [-0.3, -0.25) is 0 Å². The third-order valence-electron chi connectivity index (χ3n) is 3.20. The zero-order valence-corrected chi connectivity index (χ0v) is 7.88. The van der Waals surface area contributed by atoms with Gasteiger partial charge in [0.05, 0.1) is 12.7 Å². The summed E-state index contributed by atoms with van der Waals surface area (Å²) in [5, 5.41) is 3.59. The fourth-order valence-electron chi connectivity index (χ4n) is 2.37. The van der Waals surface area contributed by atoms with Crippen LogP contribution in [0.4, 0.5) is 0 Å². The van der Waals surface area contributed by atoms with E-state index in [-0.39, 0.29) is 0 Å². The Morgan fingerprint density at radius 2 is 2.00 bits per heavy atom. The molecule has 1 saturated heterocycles. The van der Waals surface area contributed by atoms with Crippen molar-refractivity contribution in [1.29, 1.82) is 0 Å². The average molecular weight is 169 g/mol. The van der Waals surface area contributed by atoms with Gasteiger partial charge in [-0.25, -0.2) is 0 Å². The third-order valence-corrected chi connectivity index (χ3v) is 3.20. The van der Waals surface area contributed by atoms with Gasteiger partial charge in [0.25, 0.3) is 0 Å². The maximum Gasteiger partial charge on any atom is 0.0672 e. The van der Waals surface area contributed by atoms with Gasteiger partial charge < -0.3 is 10.1 Å². The first-order valence-corrected chi connectivity index (χ1v) is 5.21. The van der Waals surface area contributed by atoms with Crippen molar-refractivity contribution in [2.24, 2.45) is 5.92 Å². The maximum atomic E-state index is 5.64. The minimum absolute atomic E-state index is 0.419. The Morgan fingerprint density at radius 3 is 2.58 bits per heavy atom. The normalized spacial score (nSPS) is 38.8. The summed E-state index contributed by atoms with van der Waals surface area (Å²) >= 11 is 0. The molecule has 2 atom stereocenters. The van der Waals surface area contributed by atoms with Crippen LogP contribution in [-0.2, 0) is 4.74 Å². The molecule has 2 nitrogen and oxygen atoms in total. The predicted molar refractivity (Wildman–Crippen MR) is 49.2 cm³/mol. The van der Waals surface area contributed by atoms with Gasteiger partial charge in [0.1, 0.15) is 0 Å². The van der Waals surface area contributed by atoms with Crippen molar-refractivity contribution >= 4 is 0 Å². The molecule has 0 amide bonds. The lowest BCUT2D eigenvalue weighted by molar-refractivity contribution is 0.00158. The summed E-state index contributed by atoms with van der Waals surface area (Å²) in [6.45, 7) is 4.12. The summed E-state index contributed by atoms with van der Waals surface area (Å²) in [7, 11) is 0. The van der Waals surface area contributed by atoms with Crippen LogP contribution in [0, 0.1) is 5.92 Å². The van der Waals surface area contributed by atoms with E-state index in [0.29, 0.717) is 12.1 Å². The number of morpholine rings is 1. The van der Waals surface area contributed by atoms with Crippen molar-refractivity contribution in [3.05, 3.63) is 0 Å². The molecule has 0 spiro atoms. The van der Waals surface area contributed by atoms with Crippen LogP contribution in [0.2, 0.25) is 0 Å². The maximum absolute atomic E-state index is 5.64. The Labute approximate surface area is 74.7 Å². The Hall–Kier alpha value is -0.0800. The molecule has 0 bridgehead atoms. The summed E-state index contributed by atoms with van der Waals surface area (Å²) < 4.78 is 5.64. The largest absolute Gasteiger partial charge is 0.376 e. The van der Waals surface area contributed by atoms with Crippen molar-refractivity contribution in [1.82, 2.24) is 5.32 Å². The molecule has 1 aliphatic heterocycles. The van der Waals surface area contributed by atoms with Crippen LogP contribution in [0.25, 0.3) is 0 Å². The predicted octanol–water partition coefficient (Wildman–Crippen LogP) is 1.55. The summed E-state index contributed by atoms with van der Waals surface area (Å²) in [4.78, 5) is 0. The van der Waals surface area contributed by atoms with Crippen LogP contribution in [0.15, 0.2) is 0 Å². The lowest BCUT2D eigenvalue weighted by atomic mass is 9.98. The summed E-state index contributed by atoms with van der Waals surface area (Å²) in [5.74, 6) is 0.900. The number of nitrogens with one attached hydrogen (secondary N) is 1. The smallest absolute Gasteiger partial charge is 0.0672 e. The number of hydrogen-bond acceptors (Lipinski definition) is 2. The van der Waals surface area contributed by atoms with Crippen LogP contribution < -0.4 is 5.32 Å². The fourth-order valence-corrected chi connectivity index (χ4v) is 2.37. The Kier molecular flexibility index (Phi) is 2.66. The topological polar surface area (TPSA) is 21.3 Å². The molecule has 12 heavy (non-hydrogen) atoms. The highest BCUT2D eigenvalue weighted by Gasteiger charge is 2.27. The second kappa shape index (κ2) is 3.75. The number of ether oxygens (including phenoxy) is 1.